The maximum absolute atomic E-state index is 12.6. The number of nitrogens with zero attached hydrogens (tertiary/aromatic N) is 4. The Morgan fingerprint density at radius 1 is 1.00 bits per heavy atom. The minimum absolute atomic E-state index is 0.379. The van der Waals surface area contributed by atoms with Gasteiger partial charge in [0.25, 0.3) is 0 Å². The quantitative estimate of drug-likeness (QED) is 0.344. The molecule has 4 aromatic rings. The van der Waals surface area contributed by atoms with Crippen molar-refractivity contribution in [1.82, 2.24) is 19.9 Å². The number of nitrogens with one attached hydrogen (secondary N) is 1. The van der Waals surface area contributed by atoms with E-state index in [1.807, 2.05) is 55.6 Å². The molecule has 192 valence electrons. The van der Waals surface area contributed by atoms with Gasteiger partial charge in [-0.25, -0.2) is 14.3 Å². The van der Waals surface area contributed by atoms with Gasteiger partial charge in [-0.05, 0) is 57.7 Å². The van der Waals surface area contributed by atoms with Gasteiger partial charge >= 0.3 is 6.09 Å². The fourth-order valence-corrected chi connectivity index (χ4v) is 5.21. The Morgan fingerprint density at radius 2 is 1.76 bits per heavy atom. The van der Waals surface area contributed by atoms with Crippen LogP contribution in [0, 0.1) is 0 Å². The van der Waals surface area contributed by atoms with Crippen LogP contribution in [0.3, 0.4) is 0 Å². The average Bonchev–Trinajstić information content (AvgIpc) is 3.54. The van der Waals surface area contributed by atoms with Gasteiger partial charge in [0.05, 0.1) is 23.5 Å². The summed E-state index contributed by atoms with van der Waals surface area (Å²) in [7, 11) is 0. The molecule has 2 aromatic heterocycles. The van der Waals surface area contributed by atoms with Gasteiger partial charge in [0, 0.05) is 22.9 Å². The lowest BCUT2D eigenvalue weighted by Gasteiger charge is -2.43. The van der Waals surface area contributed by atoms with Gasteiger partial charge in [-0.1, -0.05) is 60.7 Å². The highest BCUT2D eigenvalue weighted by Gasteiger charge is 2.41. The number of amides is 1. The summed E-state index contributed by atoms with van der Waals surface area (Å²) >= 11 is 0. The van der Waals surface area contributed by atoms with Gasteiger partial charge in [0.15, 0.2) is 5.65 Å². The van der Waals surface area contributed by atoms with Gasteiger partial charge in [-0.15, -0.1) is 0 Å². The number of carbonyl (C=O) groups is 1. The monoisotopic (exact) mass is 505 g/mol. The summed E-state index contributed by atoms with van der Waals surface area (Å²) in [6.07, 6.45) is 8.35. The van der Waals surface area contributed by atoms with Crippen LogP contribution < -0.4 is 5.32 Å². The van der Waals surface area contributed by atoms with Crippen LogP contribution >= 0.6 is 0 Å². The number of hydrogen-bond acceptors (Lipinski definition) is 5. The van der Waals surface area contributed by atoms with E-state index in [1.54, 1.807) is 6.20 Å². The fraction of sp³-hybridized carbons (Fsp3) is 0.290. The zero-order valence-corrected chi connectivity index (χ0v) is 21.9. The van der Waals surface area contributed by atoms with Gasteiger partial charge in [-0.2, -0.15) is 5.10 Å². The van der Waals surface area contributed by atoms with Crippen molar-refractivity contribution >= 4 is 17.5 Å². The molecule has 1 saturated carbocycles. The molecule has 1 amide bonds. The van der Waals surface area contributed by atoms with E-state index >= 15 is 0 Å². The van der Waals surface area contributed by atoms with Crippen LogP contribution in [0.15, 0.2) is 84.0 Å². The van der Waals surface area contributed by atoms with Crippen molar-refractivity contribution in [2.75, 3.05) is 6.54 Å². The molecule has 0 bridgehead atoms. The number of ether oxygens (including phenoxy) is 1. The molecule has 2 aromatic carbocycles. The fourth-order valence-electron chi connectivity index (χ4n) is 5.21. The van der Waals surface area contributed by atoms with Crippen LogP contribution in [-0.4, -0.2) is 38.5 Å². The summed E-state index contributed by atoms with van der Waals surface area (Å²) in [5, 5.41) is 7.84. The standard InChI is InChI=1S/C31H31N5O2/c1-30(2,3)38-29(37)35-31(17-8-18-31)23-14-12-21(13-15-23)26-27(22-9-5-4-6-10-22)36-28(34-26)24(16-20-33-36)25-11-7-19-32-25/h4-7,9-16,20H,8,17-19H2,1-3H3,(H,35,37). The maximum Gasteiger partial charge on any atom is 0.408 e. The summed E-state index contributed by atoms with van der Waals surface area (Å²) in [6, 6.07) is 20.6. The van der Waals surface area contributed by atoms with E-state index in [1.165, 1.54) is 0 Å². The number of hydrogen-bond donors (Lipinski definition) is 1. The lowest BCUT2D eigenvalue weighted by molar-refractivity contribution is 0.0377. The molecular weight excluding hydrogens is 474 g/mol. The number of imidazole rings is 1. The molecule has 0 radical (unpaired) electrons. The largest absolute Gasteiger partial charge is 0.444 e. The third kappa shape index (κ3) is 4.38. The lowest BCUT2D eigenvalue weighted by Crippen LogP contribution is -2.52. The topological polar surface area (TPSA) is 80.9 Å². The molecular formula is C31H31N5O2. The molecule has 7 heteroatoms. The predicted molar refractivity (Wildman–Crippen MR) is 149 cm³/mol. The van der Waals surface area contributed by atoms with Crippen LogP contribution in [0.4, 0.5) is 4.79 Å². The second kappa shape index (κ2) is 9.24. The van der Waals surface area contributed by atoms with Crippen molar-refractivity contribution in [3.8, 4) is 22.5 Å². The Morgan fingerprint density at radius 3 is 2.39 bits per heavy atom. The van der Waals surface area contributed by atoms with Crippen LogP contribution in [-0.2, 0) is 10.3 Å². The number of alkyl carbamates (subject to hydrolysis) is 1. The van der Waals surface area contributed by atoms with E-state index in [2.05, 4.69) is 52.8 Å². The Balaban J connectivity index is 1.41. The van der Waals surface area contributed by atoms with E-state index in [0.717, 1.165) is 64.3 Å². The second-order valence-corrected chi connectivity index (χ2v) is 10.9. The highest BCUT2D eigenvalue weighted by atomic mass is 16.6. The SMILES string of the molecule is CC(C)(C)OC(=O)NC1(c2ccc(-c3nc4c(C5=NCC=C5)ccnn4c3-c3ccccc3)cc2)CCC1. The third-order valence-corrected chi connectivity index (χ3v) is 7.14. The van der Waals surface area contributed by atoms with Crippen LogP contribution in [0.2, 0.25) is 0 Å². The highest BCUT2D eigenvalue weighted by Crippen LogP contribution is 2.42. The minimum atomic E-state index is -0.539. The first kappa shape index (κ1) is 24.1. The third-order valence-electron chi connectivity index (χ3n) is 7.14. The highest BCUT2D eigenvalue weighted by molar-refractivity contribution is 6.13. The number of carbonyl (C=O) groups excluding carboxylic acids is 1. The molecule has 1 aliphatic carbocycles. The summed E-state index contributed by atoms with van der Waals surface area (Å²) < 4.78 is 7.47. The molecule has 1 aliphatic heterocycles. The molecule has 0 atom stereocenters. The molecule has 7 nitrogen and oxygen atoms in total. The summed E-state index contributed by atoms with van der Waals surface area (Å²) in [6.45, 7) is 6.32. The molecule has 0 unspecified atom stereocenters. The number of allylic oxidation sites excluding steroid dienone is 1. The molecule has 1 N–H and O–H groups in total. The normalized spacial score (nSPS) is 16.2. The zero-order chi connectivity index (χ0) is 26.3. The first-order valence-corrected chi connectivity index (χ1v) is 13.1. The van der Waals surface area contributed by atoms with Gasteiger partial charge in [0.2, 0.25) is 0 Å². The predicted octanol–water partition coefficient (Wildman–Crippen LogP) is 6.33. The van der Waals surface area contributed by atoms with E-state index in [-0.39, 0.29) is 6.09 Å². The first-order chi connectivity index (χ1) is 18.3. The lowest BCUT2D eigenvalue weighted by atomic mass is 9.71. The first-order valence-electron chi connectivity index (χ1n) is 13.1. The van der Waals surface area contributed by atoms with E-state index in [4.69, 9.17) is 14.8 Å². The Hall–Kier alpha value is -4.26. The molecule has 38 heavy (non-hydrogen) atoms. The van der Waals surface area contributed by atoms with Crippen molar-refractivity contribution in [3.05, 3.63) is 90.1 Å². The smallest absolute Gasteiger partial charge is 0.408 e. The number of benzene rings is 2. The number of rotatable bonds is 5. The number of aromatic nitrogens is 3. The summed E-state index contributed by atoms with van der Waals surface area (Å²) in [5.74, 6) is 0. The molecule has 3 heterocycles. The summed E-state index contributed by atoms with van der Waals surface area (Å²) in [4.78, 5) is 22.3. The zero-order valence-electron chi connectivity index (χ0n) is 21.9. The van der Waals surface area contributed by atoms with Crippen molar-refractivity contribution in [3.63, 3.8) is 0 Å². The van der Waals surface area contributed by atoms with Crippen molar-refractivity contribution < 1.29 is 9.53 Å². The molecule has 6 rings (SSSR count). The van der Waals surface area contributed by atoms with Crippen molar-refractivity contribution in [2.24, 2.45) is 4.99 Å². The maximum atomic E-state index is 12.6. The van der Waals surface area contributed by atoms with E-state index < -0.39 is 11.1 Å². The number of fused-ring (bicyclic) bond motifs is 1. The van der Waals surface area contributed by atoms with Crippen LogP contribution in [0.1, 0.15) is 51.2 Å². The Kier molecular flexibility index (Phi) is 5.86. The summed E-state index contributed by atoms with van der Waals surface area (Å²) in [5.41, 5.74) is 6.61. The molecule has 0 saturated heterocycles. The minimum Gasteiger partial charge on any atom is -0.444 e. The van der Waals surface area contributed by atoms with E-state index in [0.29, 0.717) is 6.54 Å². The van der Waals surface area contributed by atoms with Crippen molar-refractivity contribution in [2.45, 2.75) is 51.2 Å². The molecule has 2 aliphatic rings. The second-order valence-electron chi connectivity index (χ2n) is 10.9. The average molecular weight is 506 g/mol. The molecule has 1 fully saturated rings. The van der Waals surface area contributed by atoms with E-state index in [9.17, 15) is 4.79 Å². The van der Waals surface area contributed by atoms with Gasteiger partial charge in [-0.3, -0.25) is 4.99 Å². The Labute approximate surface area is 222 Å². The van der Waals surface area contributed by atoms with Crippen LogP contribution in [0.25, 0.3) is 28.2 Å². The van der Waals surface area contributed by atoms with Crippen molar-refractivity contribution in [1.29, 1.82) is 0 Å². The van der Waals surface area contributed by atoms with Gasteiger partial charge in [0.1, 0.15) is 11.3 Å². The van der Waals surface area contributed by atoms with Gasteiger partial charge < -0.3 is 10.1 Å². The Bertz CT molecular complexity index is 1560. The van der Waals surface area contributed by atoms with Crippen LogP contribution in [0.5, 0.6) is 0 Å². The molecule has 0 spiro atoms. The number of aliphatic imine (C=N–C) groups is 1.